The van der Waals surface area contributed by atoms with E-state index in [9.17, 15) is 9.59 Å². The zero-order valence-electron chi connectivity index (χ0n) is 12.8. The van der Waals surface area contributed by atoms with Crippen LogP contribution >= 0.6 is 11.6 Å². The van der Waals surface area contributed by atoms with Gasteiger partial charge < -0.3 is 0 Å². The molecule has 124 valence electrons. The van der Waals surface area contributed by atoms with Crippen molar-refractivity contribution < 1.29 is 9.59 Å². The van der Waals surface area contributed by atoms with Crippen LogP contribution in [0.3, 0.4) is 0 Å². The van der Waals surface area contributed by atoms with Crippen LogP contribution in [0.1, 0.15) is 22.0 Å². The Kier molecular flexibility index (Phi) is 5.10. The summed E-state index contributed by atoms with van der Waals surface area (Å²) in [5, 5.41) is 0.640. The Morgan fingerprint density at radius 3 is 2.42 bits per heavy atom. The highest BCUT2D eigenvalue weighted by molar-refractivity contribution is 6.30. The van der Waals surface area contributed by atoms with E-state index in [1.165, 1.54) is 0 Å². The molecule has 1 fully saturated rings. The molecular formula is C17H17ClN4O2. The number of halogens is 1. The second kappa shape index (κ2) is 7.44. The van der Waals surface area contributed by atoms with Crippen LogP contribution in [-0.4, -0.2) is 18.4 Å². The monoisotopic (exact) mass is 344 g/mol. The SMILES string of the molecule is O=C(NNC(=O)C1CNNC1c1ccc(Cl)cc1)c1ccccc1. The van der Waals surface area contributed by atoms with Gasteiger partial charge >= 0.3 is 0 Å². The van der Waals surface area contributed by atoms with Gasteiger partial charge in [-0.15, -0.1) is 0 Å². The zero-order valence-corrected chi connectivity index (χ0v) is 13.5. The maximum absolute atomic E-state index is 12.4. The van der Waals surface area contributed by atoms with Crippen molar-refractivity contribution in [2.24, 2.45) is 5.92 Å². The van der Waals surface area contributed by atoms with Crippen molar-refractivity contribution in [3.8, 4) is 0 Å². The lowest BCUT2D eigenvalue weighted by molar-refractivity contribution is -0.125. The average Bonchev–Trinajstić information content (AvgIpc) is 3.10. The maximum atomic E-state index is 12.4. The number of amides is 2. The van der Waals surface area contributed by atoms with Gasteiger partial charge in [0.25, 0.3) is 5.91 Å². The summed E-state index contributed by atoms with van der Waals surface area (Å²) in [6.07, 6.45) is 0. The number of carbonyl (C=O) groups is 2. The average molecular weight is 345 g/mol. The Balaban J connectivity index is 1.61. The molecule has 3 rings (SSSR count). The number of hydrazine groups is 2. The molecule has 24 heavy (non-hydrogen) atoms. The molecule has 2 amide bonds. The minimum absolute atomic E-state index is 0.198. The highest BCUT2D eigenvalue weighted by Crippen LogP contribution is 2.26. The first-order valence-electron chi connectivity index (χ1n) is 7.54. The molecule has 0 bridgehead atoms. The van der Waals surface area contributed by atoms with Gasteiger partial charge in [-0.2, -0.15) is 0 Å². The fourth-order valence-corrected chi connectivity index (χ4v) is 2.73. The quantitative estimate of drug-likeness (QED) is 0.637. The molecule has 7 heteroatoms. The van der Waals surface area contributed by atoms with Crippen molar-refractivity contribution in [2.75, 3.05) is 6.54 Å². The highest BCUT2D eigenvalue weighted by Gasteiger charge is 2.34. The number of benzene rings is 2. The Hall–Kier alpha value is -2.41. The van der Waals surface area contributed by atoms with Crippen LogP contribution in [0.5, 0.6) is 0 Å². The van der Waals surface area contributed by atoms with Crippen molar-refractivity contribution in [3.05, 3.63) is 70.7 Å². The predicted octanol–water partition coefficient (Wildman–Crippen LogP) is 1.57. The van der Waals surface area contributed by atoms with Crippen LogP contribution in [0, 0.1) is 5.92 Å². The minimum Gasteiger partial charge on any atom is -0.273 e. The Morgan fingerprint density at radius 1 is 1.00 bits per heavy atom. The molecule has 1 heterocycles. The van der Waals surface area contributed by atoms with Crippen molar-refractivity contribution in [1.82, 2.24) is 21.7 Å². The normalized spacial score (nSPS) is 19.7. The third-order valence-electron chi connectivity index (χ3n) is 3.88. The molecule has 2 aromatic carbocycles. The summed E-state index contributed by atoms with van der Waals surface area (Å²) in [5.74, 6) is -0.982. The van der Waals surface area contributed by atoms with E-state index in [2.05, 4.69) is 21.7 Å². The molecule has 0 aromatic heterocycles. The lowest BCUT2D eigenvalue weighted by atomic mass is 9.94. The molecule has 0 aliphatic carbocycles. The number of carbonyl (C=O) groups excluding carboxylic acids is 2. The maximum Gasteiger partial charge on any atom is 0.269 e. The number of hydrogen-bond donors (Lipinski definition) is 4. The second-order valence-corrected chi connectivity index (χ2v) is 5.91. The van der Waals surface area contributed by atoms with Gasteiger partial charge in [-0.3, -0.25) is 25.9 Å². The Bertz CT molecular complexity index is 721. The Morgan fingerprint density at radius 2 is 1.71 bits per heavy atom. The summed E-state index contributed by atoms with van der Waals surface area (Å²) in [4.78, 5) is 24.4. The van der Waals surface area contributed by atoms with E-state index in [-0.39, 0.29) is 23.8 Å². The molecule has 2 unspecified atom stereocenters. The van der Waals surface area contributed by atoms with E-state index in [4.69, 9.17) is 11.6 Å². The van der Waals surface area contributed by atoms with Crippen molar-refractivity contribution >= 4 is 23.4 Å². The molecular weight excluding hydrogens is 328 g/mol. The van der Waals surface area contributed by atoms with Gasteiger partial charge in [-0.05, 0) is 29.8 Å². The summed E-state index contributed by atoms with van der Waals surface area (Å²) in [6.45, 7) is 0.459. The lowest BCUT2D eigenvalue weighted by Gasteiger charge is -2.18. The fraction of sp³-hybridized carbons (Fsp3) is 0.176. The van der Waals surface area contributed by atoms with Crippen LogP contribution < -0.4 is 21.7 Å². The van der Waals surface area contributed by atoms with E-state index >= 15 is 0 Å². The van der Waals surface area contributed by atoms with Gasteiger partial charge in [-0.1, -0.05) is 41.9 Å². The van der Waals surface area contributed by atoms with Gasteiger partial charge in [-0.25, -0.2) is 5.43 Å². The zero-order chi connectivity index (χ0) is 16.9. The summed E-state index contributed by atoms with van der Waals surface area (Å²) < 4.78 is 0. The van der Waals surface area contributed by atoms with Crippen LogP contribution in [0.4, 0.5) is 0 Å². The molecule has 1 aliphatic rings. The summed E-state index contributed by atoms with van der Waals surface area (Å²) in [5.41, 5.74) is 12.4. The van der Waals surface area contributed by atoms with Gasteiger partial charge in [0.1, 0.15) is 0 Å². The van der Waals surface area contributed by atoms with E-state index in [1.807, 2.05) is 18.2 Å². The molecule has 1 saturated heterocycles. The van der Waals surface area contributed by atoms with E-state index < -0.39 is 0 Å². The molecule has 2 atom stereocenters. The molecule has 0 saturated carbocycles. The summed E-state index contributed by atoms with van der Waals surface area (Å²) >= 11 is 5.90. The molecule has 1 aliphatic heterocycles. The molecule has 4 N–H and O–H groups in total. The first-order chi connectivity index (χ1) is 11.6. The van der Waals surface area contributed by atoms with Crippen LogP contribution in [-0.2, 0) is 4.79 Å². The fourth-order valence-electron chi connectivity index (χ4n) is 2.60. The Labute approximate surface area is 144 Å². The first kappa shape index (κ1) is 16.4. The van der Waals surface area contributed by atoms with Crippen molar-refractivity contribution in [3.63, 3.8) is 0 Å². The molecule has 0 radical (unpaired) electrons. The smallest absolute Gasteiger partial charge is 0.269 e. The molecule has 6 nitrogen and oxygen atoms in total. The first-order valence-corrected chi connectivity index (χ1v) is 7.92. The van der Waals surface area contributed by atoms with Crippen LogP contribution in [0.15, 0.2) is 54.6 Å². The standard InChI is InChI=1S/C17H17ClN4O2/c18-13-8-6-11(7-9-13)15-14(10-19-20-15)17(24)22-21-16(23)12-4-2-1-3-5-12/h1-9,14-15,19-20H,10H2,(H,21,23)(H,22,24). The highest BCUT2D eigenvalue weighted by atomic mass is 35.5. The van der Waals surface area contributed by atoms with Gasteiger partial charge in [0.2, 0.25) is 5.91 Å². The van der Waals surface area contributed by atoms with Crippen molar-refractivity contribution in [2.45, 2.75) is 6.04 Å². The molecule has 2 aromatic rings. The van der Waals surface area contributed by atoms with Gasteiger partial charge in [0, 0.05) is 17.1 Å². The number of nitrogens with one attached hydrogen (secondary N) is 4. The minimum atomic E-state index is -0.359. The lowest BCUT2D eigenvalue weighted by Crippen LogP contribution is -2.46. The third kappa shape index (κ3) is 3.73. The van der Waals surface area contributed by atoms with Crippen molar-refractivity contribution in [1.29, 1.82) is 0 Å². The van der Waals surface area contributed by atoms with Gasteiger partial charge in [0.05, 0.1) is 12.0 Å². The second-order valence-electron chi connectivity index (χ2n) is 5.47. The summed E-state index contributed by atoms with van der Waals surface area (Å²) in [7, 11) is 0. The summed E-state index contributed by atoms with van der Waals surface area (Å²) in [6, 6.07) is 15.8. The number of rotatable bonds is 3. The van der Waals surface area contributed by atoms with Crippen LogP contribution in [0.2, 0.25) is 5.02 Å². The topological polar surface area (TPSA) is 82.3 Å². The van der Waals surface area contributed by atoms with E-state index in [0.717, 1.165) is 5.56 Å². The largest absolute Gasteiger partial charge is 0.273 e. The van der Waals surface area contributed by atoms with Gasteiger partial charge in [0.15, 0.2) is 0 Å². The third-order valence-corrected chi connectivity index (χ3v) is 4.13. The van der Waals surface area contributed by atoms with E-state index in [0.29, 0.717) is 17.1 Å². The predicted molar refractivity (Wildman–Crippen MR) is 90.9 cm³/mol. The van der Waals surface area contributed by atoms with E-state index in [1.54, 1.807) is 36.4 Å². The van der Waals surface area contributed by atoms with Crippen LogP contribution in [0.25, 0.3) is 0 Å². The number of hydrogen-bond acceptors (Lipinski definition) is 4. The molecule has 0 spiro atoms.